The van der Waals surface area contributed by atoms with Gasteiger partial charge >= 0.3 is 0 Å². The van der Waals surface area contributed by atoms with Crippen LogP contribution in [-0.2, 0) is 19.6 Å². The summed E-state index contributed by atoms with van der Waals surface area (Å²) in [6.07, 6.45) is 3.93. The number of aryl methyl sites for hydroxylation is 1. The average Bonchev–Trinajstić information content (AvgIpc) is 3.00. The lowest BCUT2D eigenvalue weighted by Crippen LogP contribution is -2.36. The maximum atomic E-state index is 6.19. The zero-order chi connectivity index (χ0) is 13.4. The van der Waals surface area contributed by atoms with Gasteiger partial charge in [-0.2, -0.15) is 0 Å². The van der Waals surface area contributed by atoms with Crippen LogP contribution in [0.4, 0.5) is 0 Å². The van der Waals surface area contributed by atoms with Crippen molar-refractivity contribution in [1.29, 1.82) is 0 Å². The number of imidazole rings is 1. The molecule has 0 bridgehead atoms. The highest BCUT2D eigenvalue weighted by Gasteiger charge is 2.25. The van der Waals surface area contributed by atoms with Crippen molar-refractivity contribution in [1.82, 2.24) is 19.0 Å². The van der Waals surface area contributed by atoms with Crippen LogP contribution < -0.4 is 0 Å². The molecule has 0 aliphatic carbocycles. The first-order chi connectivity index (χ1) is 9.20. The maximum Gasteiger partial charge on any atom is 0.122 e. The van der Waals surface area contributed by atoms with Crippen molar-refractivity contribution < 1.29 is 0 Å². The number of rotatable bonds is 3. The van der Waals surface area contributed by atoms with E-state index in [1.54, 1.807) is 0 Å². The lowest BCUT2D eigenvalue weighted by atomic mass is 10.1. The molecule has 2 aromatic heterocycles. The van der Waals surface area contributed by atoms with Gasteiger partial charge in [-0.3, -0.25) is 4.90 Å². The van der Waals surface area contributed by atoms with E-state index in [0.717, 1.165) is 37.2 Å². The van der Waals surface area contributed by atoms with E-state index in [2.05, 4.69) is 38.9 Å². The number of halogens is 1. The monoisotopic (exact) mass is 278 g/mol. The Bertz CT molecular complexity index is 572. The topological polar surface area (TPSA) is 26.0 Å². The van der Waals surface area contributed by atoms with Crippen molar-refractivity contribution in [2.24, 2.45) is 0 Å². The van der Waals surface area contributed by atoms with E-state index < -0.39 is 0 Å². The van der Waals surface area contributed by atoms with Crippen molar-refractivity contribution >= 4 is 11.6 Å². The summed E-state index contributed by atoms with van der Waals surface area (Å²) < 4.78 is 4.41. The van der Waals surface area contributed by atoms with Gasteiger partial charge in [0.25, 0.3) is 0 Å². The average molecular weight is 279 g/mol. The zero-order valence-electron chi connectivity index (χ0n) is 11.4. The molecule has 0 saturated carbocycles. The molecule has 19 heavy (non-hydrogen) atoms. The molecule has 0 aromatic carbocycles. The summed E-state index contributed by atoms with van der Waals surface area (Å²) in [5, 5.41) is 0.844. The van der Waals surface area contributed by atoms with Crippen LogP contribution in [0, 0.1) is 0 Å². The summed E-state index contributed by atoms with van der Waals surface area (Å²) in [4.78, 5) is 6.92. The third-order valence-electron chi connectivity index (χ3n) is 4.03. The molecule has 1 aliphatic heterocycles. The Hall–Kier alpha value is -1.26. The molecular weight excluding hydrogens is 260 g/mol. The first-order valence-corrected chi connectivity index (χ1v) is 7.17. The first-order valence-electron chi connectivity index (χ1n) is 6.79. The van der Waals surface area contributed by atoms with Crippen molar-refractivity contribution in [2.75, 3.05) is 6.54 Å². The second-order valence-electron chi connectivity index (χ2n) is 5.01. The molecule has 0 unspecified atom stereocenters. The normalized spacial score (nSPS) is 19.6. The van der Waals surface area contributed by atoms with Gasteiger partial charge in [-0.15, -0.1) is 0 Å². The quantitative estimate of drug-likeness (QED) is 0.863. The minimum absolute atomic E-state index is 0.378. The number of aromatic nitrogens is 3. The van der Waals surface area contributed by atoms with Gasteiger partial charge in [-0.05, 0) is 26.0 Å². The molecule has 0 radical (unpaired) electrons. The Morgan fingerprint density at radius 1 is 1.37 bits per heavy atom. The van der Waals surface area contributed by atoms with Crippen LogP contribution in [0.25, 0.3) is 0 Å². The van der Waals surface area contributed by atoms with E-state index in [-0.39, 0.29) is 0 Å². The molecule has 3 rings (SSSR count). The predicted molar refractivity (Wildman–Crippen MR) is 76.2 cm³/mol. The zero-order valence-corrected chi connectivity index (χ0v) is 12.1. The lowest BCUT2D eigenvalue weighted by molar-refractivity contribution is 0.155. The molecule has 2 aromatic rings. The predicted octanol–water partition coefficient (Wildman–Crippen LogP) is 2.93. The van der Waals surface area contributed by atoms with Crippen molar-refractivity contribution in [3.63, 3.8) is 0 Å². The molecule has 0 fully saturated rings. The minimum Gasteiger partial charge on any atom is -0.334 e. The van der Waals surface area contributed by atoms with Crippen LogP contribution in [0.15, 0.2) is 24.5 Å². The van der Waals surface area contributed by atoms with Gasteiger partial charge in [0.1, 0.15) is 11.0 Å². The van der Waals surface area contributed by atoms with E-state index in [9.17, 15) is 0 Å². The number of nitrogens with zero attached hydrogens (tertiary/aromatic N) is 4. The SMILES string of the molecule is CCn1ccnc1CN1CCn2c(Cl)ccc2[C@@H]1C. The second kappa shape index (κ2) is 5.02. The number of fused-ring (bicyclic) bond motifs is 1. The molecule has 102 valence electrons. The molecule has 0 N–H and O–H groups in total. The highest BCUT2D eigenvalue weighted by molar-refractivity contribution is 6.29. The molecule has 0 saturated heterocycles. The number of hydrogen-bond acceptors (Lipinski definition) is 2. The minimum atomic E-state index is 0.378. The highest BCUT2D eigenvalue weighted by atomic mass is 35.5. The molecule has 0 amide bonds. The van der Waals surface area contributed by atoms with E-state index in [4.69, 9.17) is 11.6 Å². The molecule has 1 atom stereocenters. The van der Waals surface area contributed by atoms with Gasteiger partial charge in [-0.25, -0.2) is 4.98 Å². The molecule has 0 spiro atoms. The van der Waals surface area contributed by atoms with Gasteiger partial charge in [-0.1, -0.05) is 11.6 Å². The summed E-state index contributed by atoms with van der Waals surface area (Å²) in [6, 6.07) is 4.50. The maximum absolute atomic E-state index is 6.19. The Morgan fingerprint density at radius 3 is 3.00 bits per heavy atom. The van der Waals surface area contributed by atoms with Gasteiger partial charge in [0, 0.05) is 43.8 Å². The third kappa shape index (κ3) is 2.19. The molecule has 1 aliphatic rings. The van der Waals surface area contributed by atoms with E-state index >= 15 is 0 Å². The largest absolute Gasteiger partial charge is 0.334 e. The lowest BCUT2D eigenvalue weighted by Gasteiger charge is -2.34. The van der Waals surface area contributed by atoms with Gasteiger partial charge in [0.05, 0.1) is 6.54 Å². The smallest absolute Gasteiger partial charge is 0.122 e. The summed E-state index contributed by atoms with van der Waals surface area (Å²) in [7, 11) is 0. The second-order valence-corrected chi connectivity index (χ2v) is 5.40. The van der Waals surface area contributed by atoms with Crippen LogP contribution in [0.5, 0.6) is 0 Å². The fourth-order valence-electron chi connectivity index (χ4n) is 2.84. The summed E-state index contributed by atoms with van der Waals surface area (Å²) in [5.41, 5.74) is 1.30. The van der Waals surface area contributed by atoms with E-state index in [1.165, 1.54) is 5.69 Å². The van der Waals surface area contributed by atoms with Gasteiger partial charge in [0.15, 0.2) is 0 Å². The molecule has 3 heterocycles. The van der Waals surface area contributed by atoms with Gasteiger partial charge in [0.2, 0.25) is 0 Å². The first kappa shape index (κ1) is 12.8. The highest BCUT2D eigenvalue weighted by Crippen LogP contribution is 2.30. The van der Waals surface area contributed by atoms with Crippen LogP contribution in [0.1, 0.15) is 31.4 Å². The Kier molecular flexibility index (Phi) is 3.37. The van der Waals surface area contributed by atoms with Crippen LogP contribution in [-0.4, -0.2) is 25.6 Å². The van der Waals surface area contributed by atoms with Crippen molar-refractivity contribution in [3.8, 4) is 0 Å². The summed E-state index contributed by atoms with van der Waals surface area (Å²) >= 11 is 6.19. The van der Waals surface area contributed by atoms with Crippen molar-refractivity contribution in [2.45, 2.75) is 39.5 Å². The summed E-state index contributed by atoms with van der Waals surface area (Å²) in [5.74, 6) is 1.14. The van der Waals surface area contributed by atoms with E-state index in [1.807, 2.05) is 18.5 Å². The standard InChI is InChI=1S/C14H19ClN4/c1-3-17-7-6-16-14(17)10-18-8-9-19-12(11(18)2)4-5-13(19)15/h4-7,11H,3,8-10H2,1-2H3/t11-/m0/s1. The fraction of sp³-hybridized carbons (Fsp3) is 0.500. The summed E-state index contributed by atoms with van der Waals surface area (Å²) in [6.45, 7) is 8.22. The molecule has 4 nitrogen and oxygen atoms in total. The van der Waals surface area contributed by atoms with Crippen LogP contribution in [0.3, 0.4) is 0 Å². The number of hydrogen-bond donors (Lipinski definition) is 0. The Morgan fingerprint density at radius 2 is 2.21 bits per heavy atom. The molecular formula is C14H19ClN4. The Balaban J connectivity index is 1.81. The van der Waals surface area contributed by atoms with Crippen LogP contribution in [0.2, 0.25) is 5.15 Å². The molecule has 5 heteroatoms. The van der Waals surface area contributed by atoms with Crippen molar-refractivity contribution in [3.05, 3.63) is 41.2 Å². The Labute approximate surface area is 118 Å². The van der Waals surface area contributed by atoms with Gasteiger partial charge < -0.3 is 9.13 Å². The fourth-order valence-corrected chi connectivity index (χ4v) is 3.09. The third-order valence-corrected chi connectivity index (χ3v) is 4.36. The van der Waals surface area contributed by atoms with Crippen LogP contribution >= 0.6 is 11.6 Å². The van der Waals surface area contributed by atoms with E-state index in [0.29, 0.717) is 6.04 Å².